The summed E-state index contributed by atoms with van der Waals surface area (Å²) in [7, 11) is -2.15. The number of anilines is 1. The van der Waals surface area contributed by atoms with E-state index in [1.54, 1.807) is 30.3 Å². The van der Waals surface area contributed by atoms with Gasteiger partial charge in [0, 0.05) is 13.1 Å². The molecule has 2 aromatic rings. The molecular weight excluding hydrogens is 416 g/mol. The van der Waals surface area contributed by atoms with Crippen LogP contribution in [0.25, 0.3) is 6.08 Å². The molecule has 0 amide bonds. The Morgan fingerprint density at radius 3 is 2.65 bits per heavy atom. The van der Waals surface area contributed by atoms with E-state index in [-0.39, 0.29) is 22.8 Å². The van der Waals surface area contributed by atoms with Crippen LogP contribution in [0.1, 0.15) is 39.9 Å². The van der Waals surface area contributed by atoms with Gasteiger partial charge < -0.3 is 15.1 Å². The summed E-state index contributed by atoms with van der Waals surface area (Å²) in [5.41, 5.74) is 2.33. The molecule has 0 spiro atoms. The van der Waals surface area contributed by atoms with Crippen LogP contribution in [0.3, 0.4) is 0 Å². The van der Waals surface area contributed by atoms with Crippen LogP contribution >= 0.6 is 0 Å². The lowest BCUT2D eigenvalue weighted by molar-refractivity contribution is 0.0696. The number of hydrogen-bond acceptors (Lipinski definition) is 5. The number of hydrogen-bond donors (Lipinski definition) is 3. The van der Waals surface area contributed by atoms with Gasteiger partial charge in [-0.25, -0.2) is 13.2 Å². The van der Waals surface area contributed by atoms with Crippen LogP contribution in [-0.4, -0.2) is 56.2 Å². The number of carboxylic acids is 1. The normalized spacial score (nSPS) is 14.0. The molecule has 0 heterocycles. The molecule has 0 radical (unpaired) electrons. The van der Waals surface area contributed by atoms with Gasteiger partial charge in [-0.2, -0.15) is 0 Å². The van der Waals surface area contributed by atoms with E-state index < -0.39 is 16.0 Å². The highest BCUT2D eigenvalue weighted by molar-refractivity contribution is 7.92. The van der Waals surface area contributed by atoms with E-state index >= 15 is 0 Å². The quantitative estimate of drug-likeness (QED) is 0.549. The summed E-state index contributed by atoms with van der Waals surface area (Å²) >= 11 is 0. The molecule has 0 aromatic heterocycles. The predicted molar refractivity (Wildman–Crippen MR) is 121 cm³/mol. The lowest BCUT2D eigenvalue weighted by Gasteiger charge is -2.21. The summed E-state index contributed by atoms with van der Waals surface area (Å²) < 4.78 is 28.9. The van der Waals surface area contributed by atoms with Crippen molar-refractivity contribution in [3.05, 3.63) is 64.7 Å². The van der Waals surface area contributed by atoms with E-state index in [1.807, 2.05) is 24.1 Å². The third-order valence-electron chi connectivity index (χ3n) is 5.40. The Hall–Kier alpha value is -2.68. The number of rotatable bonds is 9. The zero-order chi connectivity index (χ0) is 22.4. The van der Waals surface area contributed by atoms with E-state index in [4.69, 9.17) is 5.11 Å². The summed E-state index contributed by atoms with van der Waals surface area (Å²) in [6.07, 6.45) is 6.87. The minimum atomic E-state index is -4.01. The lowest BCUT2D eigenvalue weighted by Crippen LogP contribution is -2.22. The molecular formula is C23H28N2O5S. The van der Waals surface area contributed by atoms with Crippen molar-refractivity contribution in [2.45, 2.75) is 30.6 Å². The third-order valence-corrected chi connectivity index (χ3v) is 6.84. The van der Waals surface area contributed by atoms with Gasteiger partial charge in [0.05, 0.1) is 22.8 Å². The van der Waals surface area contributed by atoms with Crippen molar-refractivity contribution >= 4 is 27.8 Å². The average molecular weight is 445 g/mol. The smallest absolute Gasteiger partial charge is 0.338 e. The molecule has 7 nitrogen and oxygen atoms in total. The molecule has 0 saturated heterocycles. The highest BCUT2D eigenvalue weighted by Gasteiger charge is 2.25. The highest BCUT2D eigenvalue weighted by atomic mass is 32.2. The maximum absolute atomic E-state index is 13.2. The van der Waals surface area contributed by atoms with Crippen LogP contribution in [-0.2, 0) is 22.9 Å². The zero-order valence-electron chi connectivity index (χ0n) is 17.5. The Kier molecular flexibility index (Phi) is 7.48. The number of likely N-dealkylation sites (N-methyl/N-ethyl adjacent to an activating group) is 1. The second kappa shape index (κ2) is 10.1. The fraction of sp³-hybridized carbons (Fsp3) is 0.348. The highest BCUT2D eigenvalue weighted by Crippen LogP contribution is 2.31. The summed E-state index contributed by atoms with van der Waals surface area (Å²) in [6.45, 7) is 1.12. The molecule has 1 aliphatic rings. The van der Waals surface area contributed by atoms with Crippen molar-refractivity contribution < 1.29 is 23.4 Å². The molecule has 3 rings (SSSR count). The first-order chi connectivity index (χ1) is 14.8. The predicted octanol–water partition coefficient (Wildman–Crippen LogP) is 3.00. The van der Waals surface area contributed by atoms with Gasteiger partial charge in [0.1, 0.15) is 0 Å². The summed E-state index contributed by atoms with van der Waals surface area (Å²) in [5, 5.41) is 18.8. The maximum atomic E-state index is 13.2. The first-order valence-corrected chi connectivity index (χ1v) is 11.8. The molecule has 1 aliphatic carbocycles. The standard InChI is InChI=1S/C23H28N2O5S/c1-25(15-16-26)14-6-9-18-8-3-5-11-21(18)31(29,30)24-20-13-12-17-7-2-4-10-19(17)22(20)23(27)28/h3,5-6,8-9,11-13,24,26H,2,4,7,10,14-16H2,1H3,(H,27,28)/b9-6-. The molecule has 0 bridgehead atoms. The van der Waals surface area contributed by atoms with Gasteiger partial charge in [0.2, 0.25) is 0 Å². The molecule has 166 valence electrons. The molecule has 0 unspecified atom stereocenters. The molecule has 0 aliphatic heterocycles. The van der Waals surface area contributed by atoms with Crippen molar-refractivity contribution in [1.82, 2.24) is 4.90 Å². The van der Waals surface area contributed by atoms with E-state index in [1.165, 1.54) is 6.07 Å². The molecule has 3 N–H and O–H groups in total. The topological polar surface area (TPSA) is 107 Å². The van der Waals surface area contributed by atoms with Gasteiger partial charge >= 0.3 is 5.97 Å². The number of aliphatic hydroxyl groups is 1. The van der Waals surface area contributed by atoms with Crippen LogP contribution in [0.5, 0.6) is 0 Å². The minimum Gasteiger partial charge on any atom is -0.478 e. The number of nitrogens with zero attached hydrogens (tertiary/aromatic N) is 1. The Morgan fingerprint density at radius 2 is 1.90 bits per heavy atom. The third kappa shape index (κ3) is 5.52. The summed E-state index contributed by atoms with van der Waals surface area (Å²) in [4.78, 5) is 13.9. The Labute approximate surface area is 183 Å². The van der Waals surface area contributed by atoms with Gasteiger partial charge in [-0.1, -0.05) is 36.4 Å². The minimum absolute atomic E-state index is 0.0411. The fourth-order valence-electron chi connectivity index (χ4n) is 3.84. The second-order valence-corrected chi connectivity index (χ2v) is 9.32. The van der Waals surface area contributed by atoms with Gasteiger partial charge in [-0.3, -0.25) is 4.72 Å². The summed E-state index contributed by atoms with van der Waals surface area (Å²) in [6, 6.07) is 9.95. The summed E-state index contributed by atoms with van der Waals surface area (Å²) in [5.74, 6) is -1.13. The van der Waals surface area contributed by atoms with Crippen LogP contribution < -0.4 is 4.72 Å². The van der Waals surface area contributed by atoms with Gasteiger partial charge in [-0.15, -0.1) is 0 Å². The first kappa shape index (κ1) is 23.0. The number of carboxylic acid groups (broad SMARTS) is 1. The van der Waals surface area contributed by atoms with Crippen molar-refractivity contribution in [1.29, 1.82) is 0 Å². The van der Waals surface area contributed by atoms with Crippen LogP contribution in [0.4, 0.5) is 5.69 Å². The number of benzene rings is 2. The molecule has 0 atom stereocenters. The largest absolute Gasteiger partial charge is 0.478 e. The van der Waals surface area contributed by atoms with Crippen LogP contribution in [0.2, 0.25) is 0 Å². The van der Waals surface area contributed by atoms with E-state index in [9.17, 15) is 18.3 Å². The van der Waals surface area contributed by atoms with Crippen molar-refractivity contribution in [3.8, 4) is 0 Å². The van der Waals surface area contributed by atoms with E-state index in [0.717, 1.165) is 30.4 Å². The zero-order valence-corrected chi connectivity index (χ0v) is 18.4. The number of fused-ring (bicyclic) bond motifs is 1. The van der Waals surface area contributed by atoms with Gasteiger partial charge in [-0.05, 0) is 61.6 Å². The molecule has 0 fully saturated rings. The Bertz CT molecular complexity index is 1080. The molecule has 8 heteroatoms. The lowest BCUT2D eigenvalue weighted by atomic mass is 9.87. The first-order valence-electron chi connectivity index (χ1n) is 10.3. The molecule has 0 saturated carbocycles. The Morgan fingerprint density at radius 1 is 1.16 bits per heavy atom. The molecule has 2 aromatic carbocycles. The Balaban J connectivity index is 1.92. The monoisotopic (exact) mass is 444 g/mol. The van der Waals surface area contributed by atoms with Gasteiger partial charge in [0.15, 0.2) is 0 Å². The van der Waals surface area contributed by atoms with E-state index in [0.29, 0.717) is 25.1 Å². The van der Waals surface area contributed by atoms with Crippen molar-refractivity contribution in [2.24, 2.45) is 0 Å². The number of aromatic carboxylic acids is 1. The number of sulfonamides is 1. The van der Waals surface area contributed by atoms with Crippen molar-refractivity contribution in [3.63, 3.8) is 0 Å². The van der Waals surface area contributed by atoms with Crippen LogP contribution in [0.15, 0.2) is 47.4 Å². The number of carbonyl (C=O) groups is 1. The van der Waals surface area contributed by atoms with Gasteiger partial charge in [0.25, 0.3) is 10.0 Å². The molecule has 31 heavy (non-hydrogen) atoms. The van der Waals surface area contributed by atoms with Crippen molar-refractivity contribution in [2.75, 3.05) is 31.5 Å². The number of nitrogens with one attached hydrogen (secondary N) is 1. The number of aliphatic hydroxyl groups excluding tert-OH is 1. The average Bonchev–Trinajstić information content (AvgIpc) is 2.73. The second-order valence-electron chi connectivity index (χ2n) is 7.67. The fourth-order valence-corrected chi connectivity index (χ4v) is 5.12. The van der Waals surface area contributed by atoms with E-state index in [2.05, 4.69) is 4.72 Å². The SMILES string of the molecule is CN(C/C=C\c1ccccc1S(=O)(=O)Nc1ccc2c(c1C(=O)O)CCCC2)CCO. The number of aryl methyl sites for hydroxylation is 1. The maximum Gasteiger partial charge on any atom is 0.338 e. The van der Waals surface area contributed by atoms with Crippen LogP contribution in [0, 0.1) is 0 Å².